The van der Waals surface area contributed by atoms with Gasteiger partial charge in [0.15, 0.2) is 0 Å². The van der Waals surface area contributed by atoms with Gasteiger partial charge in [0.2, 0.25) is 11.9 Å². The number of benzene rings is 1. The molecule has 92 valence electrons. The lowest BCUT2D eigenvalue weighted by Crippen LogP contribution is -2.06. The van der Waals surface area contributed by atoms with Gasteiger partial charge in [-0.3, -0.25) is 20.2 Å². The Kier molecular flexibility index (Phi) is 3.05. The van der Waals surface area contributed by atoms with E-state index in [0.717, 1.165) is 0 Å². The number of aromatic nitrogens is 2. The first kappa shape index (κ1) is 11.8. The highest BCUT2D eigenvalue weighted by Gasteiger charge is 2.09. The number of imidazole rings is 1. The quantitative estimate of drug-likeness (QED) is 0.638. The van der Waals surface area contributed by atoms with Crippen LogP contribution in [0.2, 0.25) is 0 Å². The van der Waals surface area contributed by atoms with Crippen molar-refractivity contribution < 1.29 is 9.72 Å². The molecule has 0 aliphatic heterocycles. The second kappa shape index (κ2) is 4.66. The number of carbonyl (C=O) groups excluding carboxylic acids is 1. The van der Waals surface area contributed by atoms with Crippen LogP contribution >= 0.6 is 0 Å². The number of nitro groups is 1. The average Bonchev–Trinajstić information content (AvgIpc) is 2.77. The molecule has 1 amide bonds. The third-order valence-electron chi connectivity index (χ3n) is 2.24. The van der Waals surface area contributed by atoms with Crippen molar-refractivity contribution in [2.45, 2.75) is 6.92 Å². The molecule has 2 aromatic rings. The van der Waals surface area contributed by atoms with Crippen LogP contribution in [0.4, 0.5) is 11.6 Å². The van der Waals surface area contributed by atoms with Gasteiger partial charge in [-0.2, -0.15) is 0 Å². The predicted octanol–water partition coefficient (Wildman–Crippen LogP) is 1.94. The van der Waals surface area contributed by atoms with E-state index in [0.29, 0.717) is 17.2 Å². The van der Waals surface area contributed by atoms with Crippen molar-refractivity contribution >= 4 is 17.5 Å². The molecule has 0 spiro atoms. The first-order chi connectivity index (χ1) is 8.56. The van der Waals surface area contributed by atoms with E-state index in [9.17, 15) is 14.9 Å². The van der Waals surface area contributed by atoms with Crippen molar-refractivity contribution in [1.29, 1.82) is 0 Å². The molecule has 0 atom stereocenters. The van der Waals surface area contributed by atoms with Crippen molar-refractivity contribution in [3.63, 3.8) is 0 Å². The number of H-pyrrole nitrogens is 1. The number of non-ortho nitro benzene ring substituents is 1. The molecule has 1 aromatic heterocycles. The lowest BCUT2D eigenvalue weighted by atomic mass is 10.1. The van der Waals surface area contributed by atoms with E-state index in [1.165, 1.54) is 25.3 Å². The van der Waals surface area contributed by atoms with Crippen LogP contribution in [0.3, 0.4) is 0 Å². The molecule has 7 nitrogen and oxygen atoms in total. The molecule has 18 heavy (non-hydrogen) atoms. The van der Waals surface area contributed by atoms with Gasteiger partial charge < -0.3 is 4.98 Å². The summed E-state index contributed by atoms with van der Waals surface area (Å²) in [6, 6.07) is 6.16. The van der Waals surface area contributed by atoms with Gasteiger partial charge in [0.25, 0.3) is 5.69 Å². The highest BCUT2D eigenvalue weighted by atomic mass is 16.6. The summed E-state index contributed by atoms with van der Waals surface area (Å²) in [6.45, 7) is 1.37. The number of rotatable bonds is 3. The minimum Gasteiger partial charge on any atom is -0.324 e. The maximum Gasteiger partial charge on any atom is 0.270 e. The predicted molar refractivity (Wildman–Crippen MR) is 65.0 cm³/mol. The van der Waals surface area contributed by atoms with Crippen LogP contribution < -0.4 is 5.32 Å². The topological polar surface area (TPSA) is 101 Å². The highest BCUT2D eigenvalue weighted by molar-refractivity contribution is 5.87. The fraction of sp³-hybridized carbons (Fsp3) is 0.0909. The Labute approximate surface area is 102 Å². The first-order valence-electron chi connectivity index (χ1n) is 5.13. The maximum atomic E-state index is 10.8. The van der Waals surface area contributed by atoms with E-state index in [1.54, 1.807) is 12.1 Å². The molecular weight excluding hydrogens is 236 g/mol. The lowest BCUT2D eigenvalue weighted by Gasteiger charge is -1.98. The molecule has 2 rings (SSSR count). The third kappa shape index (κ3) is 2.51. The monoisotopic (exact) mass is 246 g/mol. The number of hydrogen-bond donors (Lipinski definition) is 2. The molecule has 1 aromatic carbocycles. The summed E-state index contributed by atoms with van der Waals surface area (Å²) in [4.78, 5) is 27.8. The lowest BCUT2D eigenvalue weighted by molar-refractivity contribution is -0.384. The van der Waals surface area contributed by atoms with Gasteiger partial charge in [0.1, 0.15) is 0 Å². The summed E-state index contributed by atoms with van der Waals surface area (Å²) >= 11 is 0. The summed E-state index contributed by atoms with van der Waals surface area (Å²) in [5.74, 6) is 0.0685. The van der Waals surface area contributed by atoms with Gasteiger partial charge in [0.05, 0.1) is 16.8 Å². The van der Waals surface area contributed by atoms with Gasteiger partial charge in [-0.1, -0.05) is 12.1 Å². The van der Waals surface area contributed by atoms with Gasteiger partial charge in [0, 0.05) is 24.6 Å². The van der Waals surface area contributed by atoms with Crippen molar-refractivity contribution in [1.82, 2.24) is 9.97 Å². The summed E-state index contributed by atoms with van der Waals surface area (Å²) in [7, 11) is 0. The molecule has 0 saturated carbocycles. The summed E-state index contributed by atoms with van der Waals surface area (Å²) in [5, 5.41) is 13.2. The minimum absolute atomic E-state index is 0.00294. The number of nitrogens with zero attached hydrogens (tertiary/aromatic N) is 2. The molecule has 0 radical (unpaired) electrons. The second-order valence-corrected chi connectivity index (χ2v) is 3.63. The Morgan fingerprint density at radius 3 is 2.94 bits per heavy atom. The van der Waals surface area contributed by atoms with Gasteiger partial charge in [-0.15, -0.1) is 0 Å². The molecule has 2 N–H and O–H groups in total. The Morgan fingerprint density at radius 1 is 1.50 bits per heavy atom. The molecular formula is C11H10N4O3. The van der Waals surface area contributed by atoms with Crippen LogP contribution in [-0.2, 0) is 4.79 Å². The number of carbonyl (C=O) groups is 1. The van der Waals surface area contributed by atoms with Gasteiger partial charge in [-0.25, -0.2) is 4.98 Å². The minimum atomic E-state index is -0.464. The fourth-order valence-electron chi connectivity index (χ4n) is 1.49. The van der Waals surface area contributed by atoms with Crippen LogP contribution in [0.15, 0.2) is 30.5 Å². The molecule has 0 bridgehead atoms. The van der Waals surface area contributed by atoms with Crippen LogP contribution in [0.5, 0.6) is 0 Å². The van der Waals surface area contributed by atoms with Crippen LogP contribution in [0.1, 0.15) is 6.92 Å². The SMILES string of the molecule is CC(=O)Nc1ncc(-c2cccc([N+](=O)[O-])c2)[nH]1. The van der Waals surface area contributed by atoms with E-state index in [1.807, 2.05) is 0 Å². The number of nitro benzene ring substituents is 1. The fourth-order valence-corrected chi connectivity index (χ4v) is 1.49. The standard InChI is InChI=1S/C11H10N4O3/c1-7(16)13-11-12-6-10(14-11)8-3-2-4-9(5-8)15(17)18/h2-6H,1H3,(H2,12,13,14,16). The summed E-state index contributed by atoms with van der Waals surface area (Å²) < 4.78 is 0. The number of nitrogens with one attached hydrogen (secondary N) is 2. The molecule has 0 fully saturated rings. The van der Waals surface area contributed by atoms with Crippen molar-refractivity contribution in [3.8, 4) is 11.3 Å². The zero-order chi connectivity index (χ0) is 13.1. The molecule has 0 aliphatic rings. The van der Waals surface area contributed by atoms with Crippen LogP contribution in [-0.4, -0.2) is 20.8 Å². The maximum absolute atomic E-state index is 10.8. The normalized spacial score (nSPS) is 10.1. The van der Waals surface area contributed by atoms with E-state index in [-0.39, 0.29) is 11.6 Å². The highest BCUT2D eigenvalue weighted by Crippen LogP contribution is 2.22. The summed E-state index contributed by atoms with van der Waals surface area (Å²) in [6.07, 6.45) is 1.50. The first-order valence-corrected chi connectivity index (χ1v) is 5.13. The van der Waals surface area contributed by atoms with Crippen molar-refractivity contribution in [2.24, 2.45) is 0 Å². The number of aromatic amines is 1. The Bertz CT molecular complexity index is 606. The van der Waals surface area contributed by atoms with Gasteiger partial charge in [-0.05, 0) is 0 Å². The Morgan fingerprint density at radius 2 is 2.28 bits per heavy atom. The number of amides is 1. The van der Waals surface area contributed by atoms with Gasteiger partial charge >= 0.3 is 0 Å². The number of hydrogen-bond acceptors (Lipinski definition) is 4. The van der Waals surface area contributed by atoms with E-state index < -0.39 is 4.92 Å². The number of anilines is 1. The Hall–Kier alpha value is -2.70. The Balaban J connectivity index is 2.31. The molecule has 0 aliphatic carbocycles. The molecule has 0 unspecified atom stereocenters. The zero-order valence-electron chi connectivity index (χ0n) is 9.51. The molecule has 0 saturated heterocycles. The zero-order valence-corrected chi connectivity index (χ0v) is 9.51. The van der Waals surface area contributed by atoms with E-state index >= 15 is 0 Å². The third-order valence-corrected chi connectivity index (χ3v) is 2.24. The largest absolute Gasteiger partial charge is 0.324 e. The summed E-state index contributed by atoms with van der Waals surface area (Å²) in [5.41, 5.74) is 1.24. The molecule has 1 heterocycles. The van der Waals surface area contributed by atoms with Crippen LogP contribution in [0.25, 0.3) is 11.3 Å². The van der Waals surface area contributed by atoms with Crippen molar-refractivity contribution in [2.75, 3.05) is 5.32 Å². The van der Waals surface area contributed by atoms with Crippen LogP contribution in [0, 0.1) is 10.1 Å². The molecule has 7 heteroatoms. The second-order valence-electron chi connectivity index (χ2n) is 3.63. The average molecular weight is 246 g/mol. The van der Waals surface area contributed by atoms with E-state index in [2.05, 4.69) is 15.3 Å². The van der Waals surface area contributed by atoms with E-state index in [4.69, 9.17) is 0 Å². The smallest absolute Gasteiger partial charge is 0.270 e. The van der Waals surface area contributed by atoms with Crippen molar-refractivity contribution in [3.05, 3.63) is 40.6 Å².